The van der Waals surface area contributed by atoms with E-state index >= 15 is 0 Å². The molecule has 20 heavy (non-hydrogen) atoms. The molecule has 6 heteroatoms. The lowest BCUT2D eigenvalue weighted by molar-refractivity contribution is 0.0599. The summed E-state index contributed by atoms with van der Waals surface area (Å²) in [7, 11) is -2.58. The molecule has 0 aliphatic heterocycles. The first-order chi connectivity index (χ1) is 9.35. The first-order valence-electron chi connectivity index (χ1n) is 6.62. The van der Waals surface area contributed by atoms with Crippen molar-refractivity contribution in [3.05, 3.63) is 28.8 Å². The molecule has 0 radical (unpaired) electrons. The number of carbonyl (C=O) groups is 1. The number of esters is 1. The summed E-state index contributed by atoms with van der Waals surface area (Å²) in [5.41, 5.74) is 1.72. The van der Waals surface area contributed by atoms with Crippen LogP contribution in [-0.4, -0.2) is 21.5 Å². The van der Waals surface area contributed by atoms with E-state index in [4.69, 9.17) is 9.88 Å². The number of hydrogen-bond acceptors (Lipinski definition) is 4. The third-order valence-corrected chi connectivity index (χ3v) is 4.17. The van der Waals surface area contributed by atoms with Gasteiger partial charge in [-0.05, 0) is 36.5 Å². The zero-order chi connectivity index (χ0) is 15.3. The molecule has 0 fully saturated rings. The van der Waals surface area contributed by atoms with E-state index in [-0.39, 0.29) is 10.5 Å². The van der Waals surface area contributed by atoms with Crippen LogP contribution in [0.15, 0.2) is 17.0 Å². The second-order valence-electron chi connectivity index (χ2n) is 4.61. The number of primary sulfonamides is 1. The molecule has 0 saturated heterocycles. The maximum Gasteiger partial charge on any atom is 0.338 e. The highest BCUT2D eigenvalue weighted by Crippen LogP contribution is 2.23. The Balaban J connectivity index is 3.48. The largest absolute Gasteiger partial charge is 0.465 e. The van der Waals surface area contributed by atoms with Gasteiger partial charge in [0, 0.05) is 0 Å². The van der Waals surface area contributed by atoms with E-state index in [0.717, 1.165) is 18.4 Å². The van der Waals surface area contributed by atoms with Gasteiger partial charge in [-0.2, -0.15) is 0 Å². The van der Waals surface area contributed by atoms with Crippen LogP contribution in [0.1, 0.15) is 48.2 Å². The monoisotopic (exact) mass is 299 g/mol. The summed E-state index contributed by atoms with van der Waals surface area (Å²) in [5.74, 6) is -0.538. The minimum absolute atomic E-state index is 0.000600. The van der Waals surface area contributed by atoms with Crippen molar-refractivity contribution in [2.45, 2.75) is 44.4 Å². The van der Waals surface area contributed by atoms with Gasteiger partial charge in [0.05, 0.1) is 17.6 Å². The van der Waals surface area contributed by atoms with E-state index in [1.54, 1.807) is 6.07 Å². The summed E-state index contributed by atoms with van der Waals surface area (Å²) < 4.78 is 28.0. The molecule has 0 amide bonds. The van der Waals surface area contributed by atoms with Gasteiger partial charge in [-0.3, -0.25) is 0 Å². The number of aryl methyl sites for hydroxylation is 2. The highest BCUT2D eigenvalue weighted by molar-refractivity contribution is 7.89. The Kier molecular flexibility index (Phi) is 5.71. The number of carbonyl (C=O) groups excluding carboxylic acids is 1. The van der Waals surface area contributed by atoms with E-state index in [9.17, 15) is 13.2 Å². The van der Waals surface area contributed by atoms with Gasteiger partial charge in [0.1, 0.15) is 0 Å². The Labute approximate surface area is 120 Å². The molecular formula is C14H21NO4S. The van der Waals surface area contributed by atoms with Crippen molar-refractivity contribution >= 4 is 16.0 Å². The van der Waals surface area contributed by atoms with E-state index in [0.29, 0.717) is 18.4 Å². The number of methoxy groups -OCH3 is 1. The predicted octanol–water partition coefficient (Wildman–Crippen LogP) is 2.03. The average Bonchev–Trinajstić information content (AvgIpc) is 2.42. The Morgan fingerprint density at radius 3 is 2.35 bits per heavy atom. The lowest BCUT2D eigenvalue weighted by Gasteiger charge is -2.13. The van der Waals surface area contributed by atoms with Crippen LogP contribution in [0.4, 0.5) is 0 Å². The number of benzene rings is 1. The third-order valence-electron chi connectivity index (χ3n) is 3.18. The first-order valence-corrected chi connectivity index (χ1v) is 8.16. The van der Waals surface area contributed by atoms with Crippen LogP contribution in [-0.2, 0) is 27.6 Å². The van der Waals surface area contributed by atoms with Crippen molar-refractivity contribution in [2.24, 2.45) is 5.14 Å². The molecule has 0 heterocycles. The van der Waals surface area contributed by atoms with Crippen molar-refractivity contribution in [3.63, 3.8) is 0 Å². The smallest absolute Gasteiger partial charge is 0.338 e. The molecule has 0 atom stereocenters. The number of sulfonamides is 1. The van der Waals surface area contributed by atoms with Crippen molar-refractivity contribution in [3.8, 4) is 0 Å². The molecule has 1 aromatic carbocycles. The molecule has 1 aromatic rings. The van der Waals surface area contributed by atoms with Gasteiger partial charge >= 0.3 is 5.97 Å². The zero-order valence-electron chi connectivity index (χ0n) is 12.1. The predicted molar refractivity (Wildman–Crippen MR) is 77.1 cm³/mol. The second-order valence-corrected chi connectivity index (χ2v) is 6.14. The number of hydrogen-bond donors (Lipinski definition) is 1. The lowest BCUT2D eigenvalue weighted by atomic mass is 9.98. The fraction of sp³-hybridized carbons (Fsp3) is 0.500. The van der Waals surface area contributed by atoms with Crippen LogP contribution in [0.3, 0.4) is 0 Å². The van der Waals surface area contributed by atoms with Gasteiger partial charge in [0.15, 0.2) is 0 Å². The first kappa shape index (κ1) is 16.7. The normalized spacial score (nSPS) is 11.4. The van der Waals surface area contributed by atoms with Crippen molar-refractivity contribution in [1.29, 1.82) is 0 Å². The van der Waals surface area contributed by atoms with Gasteiger partial charge < -0.3 is 4.74 Å². The quantitative estimate of drug-likeness (QED) is 0.814. The fourth-order valence-electron chi connectivity index (χ4n) is 2.09. The van der Waals surface area contributed by atoms with Gasteiger partial charge in [-0.15, -0.1) is 0 Å². The maximum absolute atomic E-state index is 11.8. The molecule has 1 rings (SSSR count). The highest BCUT2D eigenvalue weighted by Gasteiger charge is 2.20. The number of unbranched alkanes of at least 4 members (excludes halogenated alkanes) is 1. The minimum atomic E-state index is -3.85. The van der Waals surface area contributed by atoms with Crippen molar-refractivity contribution in [2.75, 3.05) is 7.11 Å². The zero-order valence-corrected chi connectivity index (χ0v) is 12.9. The van der Waals surface area contributed by atoms with E-state index in [2.05, 4.69) is 6.92 Å². The number of ether oxygens (including phenoxy) is 1. The number of rotatable bonds is 6. The average molecular weight is 299 g/mol. The molecule has 0 saturated carbocycles. The van der Waals surface area contributed by atoms with Gasteiger partial charge in [-0.1, -0.05) is 26.3 Å². The third kappa shape index (κ3) is 3.80. The Hall–Kier alpha value is -1.40. The molecule has 112 valence electrons. The summed E-state index contributed by atoms with van der Waals surface area (Å²) in [5, 5.41) is 5.21. The standard InChI is InChI=1S/C14H21NO4S/c1-4-6-7-11-8-10(5-2)13(20(15,17)18)9-12(11)14(16)19-3/h8-9H,4-7H2,1-3H3,(H2,15,17,18). The Morgan fingerprint density at radius 1 is 1.25 bits per heavy atom. The summed E-state index contributed by atoms with van der Waals surface area (Å²) in [6.07, 6.45) is 3.14. The maximum atomic E-state index is 11.8. The van der Waals surface area contributed by atoms with Crippen molar-refractivity contribution < 1.29 is 17.9 Å². The molecule has 0 unspecified atom stereocenters. The van der Waals surface area contributed by atoms with E-state index in [1.165, 1.54) is 13.2 Å². The fourth-order valence-corrected chi connectivity index (χ4v) is 2.94. The molecular weight excluding hydrogens is 278 g/mol. The molecule has 2 N–H and O–H groups in total. The summed E-state index contributed by atoms with van der Waals surface area (Å²) in [6, 6.07) is 3.09. The van der Waals surface area contributed by atoms with Crippen LogP contribution in [0, 0.1) is 0 Å². The molecule has 0 spiro atoms. The Morgan fingerprint density at radius 2 is 1.90 bits per heavy atom. The van der Waals surface area contributed by atoms with Crippen molar-refractivity contribution in [1.82, 2.24) is 0 Å². The van der Waals surface area contributed by atoms with Crippen LogP contribution in [0.5, 0.6) is 0 Å². The van der Waals surface area contributed by atoms with Crippen LogP contribution in [0.25, 0.3) is 0 Å². The summed E-state index contributed by atoms with van der Waals surface area (Å²) >= 11 is 0. The second kappa shape index (κ2) is 6.85. The van der Waals surface area contributed by atoms with Gasteiger partial charge in [-0.25, -0.2) is 18.4 Å². The minimum Gasteiger partial charge on any atom is -0.465 e. The molecule has 0 bridgehead atoms. The van der Waals surface area contributed by atoms with E-state index in [1.807, 2.05) is 6.92 Å². The lowest BCUT2D eigenvalue weighted by Crippen LogP contribution is -2.17. The van der Waals surface area contributed by atoms with Gasteiger partial charge in [0.2, 0.25) is 10.0 Å². The molecule has 0 aromatic heterocycles. The van der Waals surface area contributed by atoms with E-state index < -0.39 is 16.0 Å². The summed E-state index contributed by atoms with van der Waals surface area (Å²) in [6.45, 7) is 3.91. The molecule has 0 aliphatic carbocycles. The number of nitrogens with two attached hydrogens (primary N) is 1. The molecule has 5 nitrogen and oxygen atoms in total. The van der Waals surface area contributed by atoms with Crippen LogP contribution in [0.2, 0.25) is 0 Å². The topological polar surface area (TPSA) is 86.5 Å². The summed E-state index contributed by atoms with van der Waals surface area (Å²) in [4.78, 5) is 11.8. The van der Waals surface area contributed by atoms with Gasteiger partial charge in [0.25, 0.3) is 0 Å². The Bertz CT molecular complexity index is 593. The highest BCUT2D eigenvalue weighted by atomic mass is 32.2. The molecule has 0 aliphatic rings. The van der Waals surface area contributed by atoms with Crippen LogP contribution >= 0.6 is 0 Å². The SMILES string of the molecule is CCCCc1cc(CC)c(S(N)(=O)=O)cc1C(=O)OC. The van der Waals surface area contributed by atoms with Crippen LogP contribution < -0.4 is 5.14 Å².